The first-order chi connectivity index (χ1) is 6.33. The predicted molar refractivity (Wildman–Crippen MR) is 59.8 cm³/mol. The highest BCUT2D eigenvalue weighted by Crippen LogP contribution is 1.99. The van der Waals surface area contributed by atoms with Crippen LogP contribution in [0.3, 0.4) is 0 Å². The summed E-state index contributed by atoms with van der Waals surface area (Å²) in [4.78, 5) is 4.14. The molecule has 0 aliphatic heterocycles. The highest BCUT2D eigenvalue weighted by atomic mass is 32.1. The molecule has 2 N–H and O–H groups in total. The average molecular weight is 215 g/mol. The van der Waals surface area contributed by atoms with Crippen LogP contribution in [0.25, 0.3) is 0 Å². The Hall–Kier alpha value is -0.680. The van der Waals surface area contributed by atoms with Crippen LogP contribution < -0.4 is 10.6 Å². The molecule has 1 heterocycles. The zero-order valence-corrected chi connectivity index (χ0v) is 9.17. The van der Waals surface area contributed by atoms with Crippen LogP contribution in [0.1, 0.15) is 19.0 Å². The van der Waals surface area contributed by atoms with Crippen LogP contribution in [0.15, 0.2) is 10.9 Å². The molecule has 0 fully saturated rings. The van der Waals surface area contributed by atoms with E-state index in [0.29, 0.717) is 11.7 Å². The topological polar surface area (TPSA) is 37.0 Å². The van der Waals surface area contributed by atoms with Crippen LogP contribution in [0.5, 0.6) is 0 Å². The van der Waals surface area contributed by atoms with Gasteiger partial charge >= 0.3 is 0 Å². The lowest BCUT2D eigenvalue weighted by Crippen LogP contribution is -2.35. The minimum absolute atomic E-state index is 0.704. The molecule has 13 heavy (non-hydrogen) atoms. The summed E-state index contributed by atoms with van der Waals surface area (Å²) in [6.07, 6.45) is 1.08. The Labute approximate surface area is 87.6 Å². The van der Waals surface area contributed by atoms with Gasteiger partial charge in [-0.25, -0.2) is 4.98 Å². The van der Waals surface area contributed by atoms with Crippen molar-refractivity contribution in [2.75, 3.05) is 6.54 Å². The molecule has 0 amide bonds. The van der Waals surface area contributed by atoms with E-state index in [-0.39, 0.29) is 0 Å². The van der Waals surface area contributed by atoms with Gasteiger partial charge in [0, 0.05) is 11.9 Å². The molecule has 1 aromatic heterocycles. The van der Waals surface area contributed by atoms with E-state index in [1.54, 1.807) is 11.3 Å². The zero-order valence-electron chi connectivity index (χ0n) is 7.54. The Morgan fingerprint density at radius 1 is 1.62 bits per heavy atom. The van der Waals surface area contributed by atoms with E-state index < -0.39 is 0 Å². The summed E-state index contributed by atoms with van der Waals surface area (Å²) in [7, 11) is 0. The van der Waals surface area contributed by atoms with Crippen molar-refractivity contribution in [1.82, 2.24) is 15.6 Å². The lowest BCUT2D eigenvalue weighted by Gasteiger charge is -2.07. The Morgan fingerprint density at radius 2 is 2.46 bits per heavy atom. The number of thiazole rings is 1. The maximum absolute atomic E-state index is 5.05. The van der Waals surface area contributed by atoms with Gasteiger partial charge in [-0.1, -0.05) is 6.92 Å². The standard InChI is InChI=1S/C8H13N3S2/c1-2-3-9-8(12)10-4-7-5-13-6-11-7/h5-6H,2-4H2,1H3,(H2,9,10,12). The Balaban J connectivity index is 2.15. The molecular formula is C8H13N3S2. The van der Waals surface area contributed by atoms with Crippen molar-refractivity contribution in [3.05, 3.63) is 16.6 Å². The second kappa shape index (κ2) is 5.88. The van der Waals surface area contributed by atoms with E-state index in [9.17, 15) is 0 Å². The summed E-state index contributed by atoms with van der Waals surface area (Å²) in [6.45, 7) is 3.73. The number of nitrogens with one attached hydrogen (secondary N) is 2. The van der Waals surface area contributed by atoms with E-state index in [1.807, 2.05) is 10.9 Å². The molecule has 0 aromatic carbocycles. The van der Waals surface area contributed by atoms with Crippen LogP contribution in [0.4, 0.5) is 0 Å². The van der Waals surface area contributed by atoms with Gasteiger partial charge in [0.1, 0.15) is 0 Å². The maximum atomic E-state index is 5.05. The molecule has 0 aliphatic rings. The third kappa shape index (κ3) is 4.19. The zero-order chi connectivity index (χ0) is 9.52. The average Bonchev–Trinajstić information content (AvgIpc) is 2.64. The molecular weight excluding hydrogens is 202 g/mol. The number of nitrogens with zero attached hydrogens (tertiary/aromatic N) is 1. The van der Waals surface area contributed by atoms with Crippen LogP contribution in [0.2, 0.25) is 0 Å². The Morgan fingerprint density at radius 3 is 3.08 bits per heavy atom. The number of hydrogen-bond donors (Lipinski definition) is 2. The summed E-state index contributed by atoms with van der Waals surface area (Å²) < 4.78 is 0. The molecule has 0 spiro atoms. The largest absolute Gasteiger partial charge is 0.363 e. The van der Waals surface area contributed by atoms with Gasteiger partial charge in [0.25, 0.3) is 0 Å². The van der Waals surface area contributed by atoms with Gasteiger partial charge < -0.3 is 10.6 Å². The Bertz CT molecular complexity index is 246. The number of hydrogen-bond acceptors (Lipinski definition) is 3. The van der Waals surface area contributed by atoms with Crippen molar-refractivity contribution in [2.24, 2.45) is 0 Å². The smallest absolute Gasteiger partial charge is 0.166 e. The monoisotopic (exact) mass is 215 g/mol. The quantitative estimate of drug-likeness (QED) is 0.747. The number of rotatable bonds is 4. The van der Waals surface area contributed by atoms with Gasteiger partial charge in [-0.05, 0) is 18.6 Å². The molecule has 1 rings (SSSR count). The summed E-state index contributed by atoms with van der Waals surface area (Å²) >= 11 is 6.64. The minimum Gasteiger partial charge on any atom is -0.363 e. The molecule has 5 heteroatoms. The first kappa shape index (κ1) is 10.4. The maximum Gasteiger partial charge on any atom is 0.166 e. The third-order valence-corrected chi connectivity index (χ3v) is 2.37. The summed E-state index contributed by atoms with van der Waals surface area (Å²) in [5.74, 6) is 0. The molecule has 0 saturated heterocycles. The van der Waals surface area contributed by atoms with E-state index in [0.717, 1.165) is 18.7 Å². The highest BCUT2D eigenvalue weighted by Gasteiger charge is 1.96. The summed E-state index contributed by atoms with van der Waals surface area (Å²) in [5, 5.41) is 8.89. The van der Waals surface area contributed by atoms with Gasteiger partial charge in [0.2, 0.25) is 0 Å². The minimum atomic E-state index is 0.704. The van der Waals surface area contributed by atoms with Gasteiger partial charge in [-0.2, -0.15) is 0 Å². The lowest BCUT2D eigenvalue weighted by atomic mass is 10.5. The summed E-state index contributed by atoms with van der Waals surface area (Å²) in [6, 6.07) is 0. The van der Waals surface area contributed by atoms with Crippen LogP contribution in [-0.4, -0.2) is 16.6 Å². The Kier molecular flexibility index (Phi) is 4.70. The van der Waals surface area contributed by atoms with Crippen molar-refractivity contribution < 1.29 is 0 Å². The normalized spacial score (nSPS) is 9.62. The third-order valence-electron chi connectivity index (χ3n) is 1.45. The van der Waals surface area contributed by atoms with Crippen molar-refractivity contribution in [2.45, 2.75) is 19.9 Å². The fourth-order valence-electron chi connectivity index (χ4n) is 0.797. The number of aromatic nitrogens is 1. The van der Waals surface area contributed by atoms with E-state index in [4.69, 9.17) is 12.2 Å². The first-order valence-electron chi connectivity index (χ1n) is 4.21. The van der Waals surface area contributed by atoms with E-state index >= 15 is 0 Å². The van der Waals surface area contributed by atoms with Gasteiger partial charge in [-0.3, -0.25) is 0 Å². The van der Waals surface area contributed by atoms with E-state index in [1.165, 1.54) is 0 Å². The second-order valence-corrected chi connectivity index (χ2v) is 3.72. The predicted octanol–water partition coefficient (Wildman–Crippen LogP) is 1.52. The van der Waals surface area contributed by atoms with Crippen LogP contribution in [0, 0.1) is 0 Å². The molecule has 0 aliphatic carbocycles. The molecule has 0 radical (unpaired) electrons. The lowest BCUT2D eigenvalue weighted by molar-refractivity contribution is 0.793. The van der Waals surface area contributed by atoms with Crippen molar-refractivity contribution >= 4 is 28.7 Å². The van der Waals surface area contributed by atoms with Gasteiger partial charge in [-0.15, -0.1) is 11.3 Å². The first-order valence-corrected chi connectivity index (χ1v) is 5.56. The van der Waals surface area contributed by atoms with Crippen molar-refractivity contribution in [1.29, 1.82) is 0 Å². The molecule has 1 aromatic rings. The molecule has 0 saturated carbocycles. The van der Waals surface area contributed by atoms with Crippen LogP contribution in [-0.2, 0) is 6.54 Å². The van der Waals surface area contributed by atoms with Crippen LogP contribution >= 0.6 is 23.6 Å². The fourth-order valence-corrected chi connectivity index (χ4v) is 1.53. The molecule has 0 atom stereocenters. The molecule has 3 nitrogen and oxygen atoms in total. The number of thiocarbonyl (C=S) groups is 1. The molecule has 0 bridgehead atoms. The summed E-state index contributed by atoms with van der Waals surface area (Å²) in [5.41, 5.74) is 2.85. The van der Waals surface area contributed by atoms with Crippen molar-refractivity contribution in [3.63, 3.8) is 0 Å². The fraction of sp³-hybridized carbons (Fsp3) is 0.500. The van der Waals surface area contributed by atoms with Crippen molar-refractivity contribution in [3.8, 4) is 0 Å². The highest BCUT2D eigenvalue weighted by molar-refractivity contribution is 7.80. The molecule has 0 unspecified atom stereocenters. The molecule has 72 valence electrons. The SMILES string of the molecule is CCCNC(=S)NCc1cscn1. The van der Waals surface area contributed by atoms with Gasteiger partial charge in [0.05, 0.1) is 17.7 Å². The second-order valence-electron chi connectivity index (χ2n) is 2.59. The van der Waals surface area contributed by atoms with Gasteiger partial charge in [0.15, 0.2) is 5.11 Å². The van der Waals surface area contributed by atoms with E-state index in [2.05, 4.69) is 22.5 Å².